The highest BCUT2D eigenvalue weighted by atomic mass is 19.1. The number of methoxy groups -OCH3 is 1. The Morgan fingerprint density at radius 1 is 1.19 bits per heavy atom. The number of rotatable bonds is 5. The molecule has 0 aliphatic carbocycles. The summed E-state index contributed by atoms with van der Waals surface area (Å²) >= 11 is 0. The summed E-state index contributed by atoms with van der Waals surface area (Å²) in [5.41, 5.74) is 1.61. The standard InChI is InChI=1S/C20H20FN3O2/c1-25-17-8-6-14(7-9-17)19-22-20(26-23-19)16-10-11-24(13-16)12-15-4-2-3-5-18(15)21/h2-9,16H,10-13H2,1H3. The number of benzene rings is 2. The zero-order chi connectivity index (χ0) is 17.9. The fraction of sp³-hybridized carbons (Fsp3) is 0.300. The number of aromatic nitrogens is 2. The first-order valence-electron chi connectivity index (χ1n) is 8.66. The van der Waals surface area contributed by atoms with Crippen LogP contribution >= 0.6 is 0 Å². The van der Waals surface area contributed by atoms with Crippen molar-refractivity contribution in [2.75, 3.05) is 20.2 Å². The number of hydrogen-bond donors (Lipinski definition) is 0. The molecule has 1 aliphatic heterocycles. The van der Waals surface area contributed by atoms with Gasteiger partial charge in [0.1, 0.15) is 11.6 Å². The first kappa shape index (κ1) is 16.7. The molecule has 1 atom stereocenters. The zero-order valence-corrected chi connectivity index (χ0v) is 14.6. The molecule has 0 N–H and O–H groups in total. The molecule has 134 valence electrons. The van der Waals surface area contributed by atoms with Gasteiger partial charge in [0.25, 0.3) is 0 Å². The molecule has 4 rings (SSSR count). The second-order valence-corrected chi connectivity index (χ2v) is 6.50. The summed E-state index contributed by atoms with van der Waals surface area (Å²) in [7, 11) is 1.63. The Kier molecular flexibility index (Phi) is 4.67. The molecule has 1 aromatic heterocycles. The number of ether oxygens (including phenoxy) is 1. The van der Waals surface area contributed by atoms with E-state index >= 15 is 0 Å². The Balaban J connectivity index is 1.43. The van der Waals surface area contributed by atoms with Crippen LogP contribution < -0.4 is 4.74 Å². The van der Waals surface area contributed by atoms with Crippen molar-refractivity contribution in [1.82, 2.24) is 15.0 Å². The van der Waals surface area contributed by atoms with Gasteiger partial charge in [-0.2, -0.15) is 4.98 Å². The molecular formula is C20H20FN3O2. The van der Waals surface area contributed by atoms with Gasteiger partial charge in [-0.25, -0.2) is 4.39 Å². The molecule has 2 aromatic carbocycles. The predicted molar refractivity (Wildman–Crippen MR) is 95.3 cm³/mol. The Morgan fingerprint density at radius 2 is 2.00 bits per heavy atom. The molecule has 1 aliphatic rings. The first-order valence-corrected chi connectivity index (χ1v) is 8.66. The fourth-order valence-corrected chi connectivity index (χ4v) is 3.30. The number of hydrogen-bond acceptors (Lipinski definition) is 5. The molecule has 5 nitrogen and oxygen atoms in total. The molecule has 0 bridgehead atoms. The third-order valence-corrected chi connectivity index (χ3v) is 4.76. The summed E-state index contributed by atoms with van der Waals surface area (Å²) in [4.78, 5) is 6.78. The predicted octanol–water partition coefficient (Wildman–Crippen LogP) is 3.87. The van der Waals surface area contributed by atoms with E-state index in [1.54, 1.807) is 13.2 Å². The normalized spacial score (nSPS) is 17.5. The summed E-state index contributed by atoms with van der Waals surface area (Å²) in [5, 5.41) is 4.10. The molecule has 0 amide bonds. The average Bonchev–Trinajstić information content (AvgIpc) is 3.33. The van der Waals surface area contributed by atoms with Crippen LogP contribution in [-0.4, -0.2) is 35.2 Å². The second kappa shape index (κ2) is 7.25. The fourth-order valence-electron chi connectivity index (χ4n) is 3.30. The Labute approximate surface area is 151 Å². The minimum atomic E-state index is -0.157. The van der Waals surface area contributed by atoms with Gasteiger partial charge in [-0.3, -0.25) is 4.90 Å². The molecule has 0 saturated carbocycles. The Morgan fingerprint density at radius 3 is 2.77 bits per heavy atom. The summed E-state index contributed by atoms with van der Waals surface area (Å²) < 4.78 is 24.5. The van der Waals surface area contributed by atoms with Gasteiger partial charge in [0.2, 0.25) is 11.7 Å². The van der Waals surface area contributed by atoms with Crippen LogP contribution in [-0.2, 0) is 6.54 Å². The molecule has 1 unspecified atom stereocenters. The first-order chi connectivity index (χ1) is 12.7. The average molecular weight is 353 g/mol. The van der Waals surface area contributed by atoms with Crippen LogP contribution in [0.3, 0.4) is 0 Å². The minimum absolute atomic E-state index is 0.157. The van der Waals surface area contributed by atoms with E-state index in [1.807, 2.05) is 36.4 Å². The smallest absolute Gasteiger partial charge is 0.231 e. The molecule has 2 heterocycles. The topological polar surface area (TPSA) is 51.4 Å². The largest absolute Gasteiger partial charge is 0.497 e. The molecule has 26 heavy (non-hydrogen) atoms. The van der Waals surface area contributed by atoms with Crippen LogP contribution in [0.15, 0.2) is 53.1 Å². The van der Waals surface area contributed by atoms with Crippen LogP contribution in [0.1, 0.15) is 23.8 Å². The number of nitrogens with zero attached hydrogens (tertiary/aromatic N) is 3. The van der Waals surface area contributed by atoms with Gasteiger partial charge in [-0.05, 0) is 43.3 Å². The van der Waals surface area contributed by atoms with Gasteiger partial charge in [0.05, 0.1) is 13.0 Å². The van der Waals surface area contributed by atoms with E-state index in [-0.39, 0.29) is 11.7 Å². The molecule has 6 heteroatoms. The summed E-state index contributed by atoms with van der Waals surface area (Å²) in [6.45, 7) is 2.28. The van der Waals surface area contributed by atoms with E-state index in [2.05, 4.69) is 15.0 Å². The van der Waals surface area contributed by atoms with Gasteiger partial charge >= 0.3 is 0 Å². The highest BCUT2D eigenvalue weighted by Gasteiger charge is 2.29. The molecule has 3 aromatic rings. The van der Waals surface area contributed by atoms with E-state index < -0.39 is 0 Å². The maximum absolute atomic E-state index is 13.8. The minimum Gasteiger partial charge on any atom is -0.497 e. The quantitative estimate of drug-likeness (QED) is 0.697. The van der Waals surface area contributed by atoms with Crippen molar-refractivity contribution < 1.29 is 13.7 Å². The van der Waals surface area contributed by atoms with E-state index in [0.717, 1.165) is 36.4 Å². The monoisotopic (exact) mass is 353 g/mol. The van der Waals surface area contributed by atoms with E-state index in [0.29, 0.717) is 18.3 Å². The number of halogens is 1. The maximum Gasteiger partial charge on any atom is 0.231 e. The van der Waals surface area contributed by atoms with Gasteiger partial charge in [-0.15, -0.1) is 0 Å². The molecule has 0 spiro atoms. The van der Waals surface area contributed by atoms with Gasteiger partial charge in [0.15, 0.2) is 0 Å². The lowest BCUT2D eigenvalue weighted by atomic mass is 10.1. The zero-order valence-electron chi connectivity index (χ0n) is 14.6. The van der Waals surface area contributed by atoms with Crippen LogP contribution in [0.5, 0.6) is 5.75 Å². The van der Waals surface area contributed by atoms with E-state index in [9.17, 15) is 4.39 Å². The van der Waals surface area contributed by atoms with Crippen LogP contribution in [0.4, 0.5) is 4.39 Å². The SMILES string of the molecule is COc1ccc(-c2noc(C3CCN(Cc4ccccc4F)C3)n2)cc1. The van der Waals surface area contributed by atoms with Crippen molar-refractivity contribution in [3.05, 3.63) is 65.8 Å². The van der Waals surface area contributed by atoms with Crippen molar-refractivity contribution in [3.8, 4) is 17.1 Å². The summed E-state index contributed by atoms with van der Waals surface area (Å²) in [6, 6.07) is 14.5. The van der Waals surface area contributed by atoms with E-state index in [1.165, 1.54) is 6.07 Å². The Bertz CT molecular complexity index is 879. The van der Waals surface area contributed by atoms with Crippen molar-refractivity contribution in [2.24, 2.45) is 0 Å². The number of likely N-dealkylation sites (tertiary alicyclic amines) is 1. The van der Waals surface area contributed by atoms with Crippen molar-refractivity contribution in [1.29, 1.82) is 0 Å². The van der Waals surface area contributed by atoms with Crippen LogP contribution in [0.2, 0.25) is 0 Å². The molecule has 1 fully saturated rings. The summed E-state index contributed by atoms with van der Waals surface area (Å²) in [5.74, 6) is 2.04. The lowest BCUT2D eigenvalue weighted by Crippen LogP contribution is -2.20. The third-order valence-electron chi connectivity index (χ3n) is 4.76. The highest BCUT2D eigenvalue weighted by molar-refractivity contribution is 5.55. The van der Waals surface area contributed by atoms with E-state index in [4.69, 9.17) is 9.26 Å². The van der Waals surface area contributed by atoms with Crippen molar-refractivity contribution >= 4 is 0 Å². The summed E-state index contributed by atoms with van der Waals surface area (Å²) in [6.07, 6.45) is 0.929. The second-order valence-electron chi connectivity index (χ2n) is 6.50. The van der Waals surface area contributed by atoms with Gasteiger partial charge in [0, 0.05) is 24.2 Å². The highest BCUT2D eigenvalue weighted by Crippen LogP contribution is 2.29. The maximum atomic E-state index is 13.8. The van der Waals surface area contributed by atoms with Crippen LogP contribution in [0.25, 0.3) is 11.4 Å². The van der Waals surface area contributed by atoms with Gasteiger partial charge in [-0.1, -0.05) is 23.4 Å². The van der Waals surface area contributed by atoms with Crippen molar-refractivity contribution in [3.63, 3.8) is 0 Å². The lowest BCUT2D eigenvalue weighted by molar-refractivity contribution is 0.305. The molecule has 1 saturated heterocycles. The molecular weight excluding hydrogens is 333 g/mol. The third kappa shape index (κ3) is 3.46. The molecule has 0 radical (unpaired) electrons. The van der Waals surface area contributed by atoms with Crippen LogP contribution in [0, 0.1) is 5.82 Å². The lowest BCUT2D eigenvalue weighted by Gasteiger charge is -2.15. The van der Waals surface area contributed by atoms with Gasteiger partial charge < -0.3 is 9.26 Å². The Hall–Kier alpha value is -2.73. The van der Waals surface area contributed by atoms with Crippen molar-refractivity contribution in [2.45, 2.75) is 18.9 Å².